The van der Waals surface area contributed by atoms with Gasteiger partial charge in [-0.2, -0.15) is 5.21 Å². The van der Waals surface area contributed by atoms with Crippen LogP contribution in [-0.4, -0.2) is 36.3 Å². The first-order valence-electron chi connectivity index (χ1n) is 8.92. The molecule has 28 heavy (non-hydrogen) atoms. The highest BCUT2D eigenvalue weighted by Crippen LogP contribution is 2.25. The first-order valence-corrected chi connectivity index (χ1v) is 9.30. The number of benzene rings is 2. The molecular formula is C20H18ClN5O2. The lowest BCUT2D eigenvalue weighted by Crippen LogP contribution is -2.02. The molecule has 0 aliphatic rings. The summed E-state index contributed by atoms with van der Waals surface area (Å²) in [5, 5.41) is 25.1. The Morgan fingerprint density at radius 1 is 1.11 bits per heavy atom. The van der Waals surface area contributed by atoms with Crippen LogP contribution in [0.25, 0.3) is 10.9 Å². The standard InChI is InChI=1S/C20H18ClN5O2/c21-16-6-2-13(3-7-16)1-4-15-12-26(10-9-19-22-24-25-23-19)18-8-5-14(20(27)28)11-17(15)18/h2-3,5-8,11-12H,1,4,9-10H2,(H,27,28)(H,22,23,24,25). The average Bonchev–Trinajstić information content (AvgIpc) is 3.33. The molecule has 0 aliphatic carbocycles. The van der Waals surface area contributed by atoms with E-state index in [1.165, 1.54) is 5.56 Å². The van der Waals surface area contributed by atoms with Gasteiger partial charge in [-0.25, -0.2) is 4.79 Å². The van der Waals surface area contributed by atoms with Crippen molar-refractivity contribution in [3.8, 4) is 0 Å². The summed E-state index contributed by atoms with van der Waals surface area (Å²) < 4.78 is 2.12. The molecule has 0 aliphatic heterocycles. The maximum Gasteiger partial charge on any atom is 0.335 e. The second kappa shape index (κ2) is 7.82. The lowest BCUT2D eigenvalue weighted by Gasteiger charge is -2.03. The molecule has 4 rings (SSSR count). The summed E-state index contributed by atoms with van der Waals surface area (Å²) in [7, 11) is 0. The zero-order valence-corrected chi connectivity index (χ0v) is 15.7. The van der Waals surface area contributed by atoms with E-state index in [2.05, 4.69) is 31.4 Å². The van der Waals surface area contributed by atoms with Crippen LogP contribution in [0.3, 0.4) is 0 Å². The van der Waals surface area contributed by atoms with Gasteiger partial charge in [0.25, 0.3) is 0 Å². The molecular weight excluding hydrogens is 378 g/mol. The van der Waals surface area contributed by atoms with Crippen LogP contribution in [0.15, 0.2) is 48.7 Å². The van der Waals surface area contributed by atoms with Crippen LogP contribution in [0.2, 0.25) is 5.02 Å². The highest BCUT2D eigenvalue weighted by molar-refractivity contribution is 6.30. The SMILES string of the molecule is O=C(O)c1ccc2c(c1)c(CCc1ccc(Cl)cc1)cn2CCc1nn[nH]n1. The minimum absolute atomic E-state index is 0.288. The number of halogens is 1. The maximum atomic E-state index is 11.4. The summed E-state index contributed by atoms with van der Waals surface area (Å²) >= 11 is 5.96. The van der Waals surface area contributed by atoms with E-state index in [9.17, 15) is 9.90 Å². The highest BCUT2D eigenvalue weighted by Gasteiger charge is 2.13. The van der Waals surface area contributed by atoms with Crippen LogP contribution in [-0.2, 0) is 25.8 Å². The monoisotopic (exact) mass is 395 g/mol. The predicted octanol–water partition coefficient (Wildman–Crippen LogP) is 3.53. The Labute approximate surface area is 166 Å². The number of aromatic nitrogens is 5. The van der Waals surface area contributed by atoms with Gasteiger partial charge in [0.05, 0.1) is 5.56 Å². The van der Waals surface area contributed by atoms with Crippen LogP contribution >= 0.6 is 11.6 Å². The molecule has 0 spiro atoms. The number of rotatable bonds is 7. The zero-order chi connectivity index (χ0) is 19.5. The Kier molecular flexibility index (Phi) is 5.08. The number of carboxylic acids is 1. The lowest BCUT2D eigenvalue weighted by atomic mass is 10.0. The van der Waals surface area contributed by atoms with Crippen molar-refractivity contribution in [2.75, 3.05) is 0 Å². The number of carbonyl (C=O) groups is 1. The van der Waals surface area contributed by atoms with Gasteiger partial charge in [0.15, 0.2) is 5.82 Å². The molecule has 142 valence electrons. The minimum Gasteiger partial charge on any atom is -0.478 e. The third-order valence-electron chi connectivity index (χ3n) is 4.77. The zero-order valence-electron chi connectivity index (χ0n) is 15.0. The smallest absolute Gasteiger partial charge is 0.335 e. The van der Waals surface area contributed by atoms with Crippen molar-refractivity contribution >= 4 is 28.5 Å². The number of tetrazole rings is 1. The van der Waals surface area contributed by atoms with Gasteiger partial charge in [-0.05, 0) is 54.3 Å². The molecule has 0 atom stereocenters. The first kappa shape index (κ1) is 18.2. The highest BCUT2D eigenvalue weighted by atomic mass is 35.5. The molecule has 7 nitrogen and oxygen atoms in total. The molecule has 2 aromatic carbocycles. The molecule has 0 saturated heterocycles. The second-order valence-corrected chi connectivity index (χ2v) is 7.03. The quantitative estimate of drug-likeness (QED) is 0.499. The number of hydrogen-bond donors (Lipinski definition) is 2. The Bertz CT molecular complexity index is 1100. The van der Waals surface area contributed by atoms with Crippen molar-refractivity contribution in [1.29, 1.82) is 0 Å². The van der Waals surface area contributed by atoms with Crippen LogP contribution in [0.5, 0.6) is 0 Å². The molecule has 0 fully saturated rings. The van der Waals surface area contributed by atoms with Crippen molar-refractivity contribution in [3.63, 3.8) is 0 Å². The van der Waals surface area contributed by atoms with E-state index in [1.54, 1.807) is 12.1 Å². The molecule has 4 aromatic rings. The number of aryl methyl sites for hydroxylation is 4. The fraction of sp³-hybridized carbons (Fsp3) is 0.200. The van der Waals surface area contributed by atoms with E-state index in [4.69, 9.17) is 11.6 Å². The molecule has 0 bridgehead atoms. The van der Waals surface area contributed by atoms with E-state index >= 15 is 0 Å². The number of aromatic carboxylic acids is 1. The van der Waals surface area contributed by atoms with Gasteiger partial charge in [-0.3, -0.25) is 0 Å². The first-order chi connectivity index (χ1) is 13.6. The van der Waals surface area contributed by atoms with Crippen molar-refractivity contribution in [1.82, 2.24) is 25.2 Å². The number of aromatic amines is 1. The number of nitrogens with one attached hydrogen (secondary N) is 1. The van der Waals surface area contributed by atoms with Crippen molar-refractivity contribution < 1.29 is 9.90 Å². The largest absolute Gasteiger partial charge is 0.478 e. The summed E-state index contributed by atoms with van der Waals surface area (Å²) in [4.78, 5) is 11.4. The van der Waals surface area contributed by atoms with Gasteiger partial charge >= 0.3 is 5.97 Å². The van der Waals surface area contributed by atoms with Crippen LogP contribution < -0.4 is 0 Å². The van der Waals surface area contributed by atoms with Crippen LogP contribution in [0, 0.1) is 0 Å². The van der Waals surface area contributed by atoms with E-state index < -0.39 is 5.97 Å². The predicted molar refractivity (Wildman–Crippen MR) is 106 cm³/mol. The Balaban J connectivity index is 1.63. The maximum absolute atomic E-state index is 11.4. The third-order valence-corrected chi connectivity index (χ3v) is 5.02. The Morgan fingerprint density at radius 3 is 2.64 bits per heavy atom. The van der Waals surface area contributed by atoms with Crippen molar-refractivity contribution in [3.05, 3.63) is 76.2 Å². The Hall–Kier alpha value is -3.19. The average molecular weight is 396 g/mol. The molecule has 2 heterocycles. The number of nitrogens with zero attached hydrogens (tertiary/aromatic N) is 4. The van der Waals surface area contributed by atoms with Gasteiger partial charge in [0, 0.05) is 35.1 Å². The van der Waals surface area contributed by atoms with Gasteiger partial charge < -0.3 is 9.67 Å². The third kappa shape index (κ3) is 3.89. The van der Waals surface area contributed by atoms with Gasteiger partial charge in [-0.1, -0.05) is 28.9 Å². The second-order valence-electron chi connectivity index (χ2n) is 6.59. The fourth-order valence-electron chi connectivity index (χ4n) is 3.33. The molecule has 2 aromatic heterocycles. The Morgan fingerprint density at radius 2 is 1.93 bits per heavy atom. The van der Waals surface area contributed by atoms with E-state index in [0.29, 0.717) is 23.8 Å². The molecule has 0 amide bonds. The number of H-pyrrole nitrogens is 1. The number of carboxylic acid groups (broad SMARTS) is 1. The van der Waals surface area contributed by atoms with Crippen molar-refractivity contribution in [2.24, 2.45) is 0 Å². The van der Waals surface area contributed by atoms with Crippen LogP contribution in [0.4, 0.5) is 0 Å². The molecule has 0 saturated carbocycles. The summed E-state index contributed by atoms with van der Waals surface area (Å²) in [6, 6.07) is 13.0. The summed E-state index contributed by atoms with van der Waals surface area (Å²) in [6.45, 7) is 0.684. The molecule has 0 unspecified atom stereocenters. The minimum atomic E-state index is -0.926. The summed E-state index contributed by atoms with van der Waals surface area (Å²) in [5.74, 6) is -0.281. The van der Waals surface area contributed by atoms with Gasteiger partial charge in [0.2, 0.25) is 0 Å². The lowest BCUT2D eigenvalue weighted by molar-refractivity contribution is 0.0697. The van der Waals surface area contributed by atoms with E-state index in [-0.39, 0.29) is 5.56 Å². The summed E-state index contributed by atoms with van der Waals surface area (Å²) in [6.07, 6.45) is 4.37. The van der Waals surface area contributed by atoms with Crippen LogP contribution in [0.1, 0.15) is 27.3 Å². The van der Waals surface area contributed by atoms with Gasteiger partial charge in [-0.15, -0.1) is 10.2 Å². The topological polar surface area (TPSA) is 96.7 Å². The summed E-state index contributed by atoms with van der Waals surface area (Å²) in [5.41, 5.74) is 3.59. The molecule has 0 radical (unpaired) electrons. The van der Waals surface area contributed by atoms with Gasteiger partial charge in [0.1, 0.15) is 0 Å². The van der Waals surface area contributed by atoms with Crippen molar-refractivity contribution in [2.45, 2.75) is 25.8 Å². The molecule has 8 heteroatoms. The van der Waals surface area contributed by atoms with E-state index in [0.717, 1.165) is 29.3 Å². The number of hydrogen-bond acceptors (Lipinski definition) is 4. The van der Waals surface area contributed by atoms with E-state index in [1.807, 2.05) is 30.3 Å². The molecule has 2 N–H and O–H groups in total. The normalized spacial score (nSPS) is 11.2. The number of fused-ring (bicyclic) bond motifs is 1. The fourth-order valence-corrected chi connectivity index (χ4v) is 3.45.